The van der Waals surface area contributed by atoms with Crippen molar-refractivity contribution in [3.8, 4) is 11.5 Å². The zero-order chi connectivity index (χ0) is 26.5. The van der Waals surface area contributed by atoms with E-state index in [2.05, 4.69) is 10.7 Å². The fraction of sp³-hybridized carbons (Fsp3) is 0.192. The fourth-order valence-corrected chi connectivity index (χ4v) is 3.99. The molecule has 0 saturated carbocycles. The molecule has 1 aliphatic rings. The summed E-state index contributed by atoms with van der Waals surface area (Å²) < 4.78 is 11.4. The number of hydrogen-bond acceptors (Lipinski definition) is 7. The fourth-order valence-electron chi connectivity index (χ4n) is 3.99. The summed E-state index contributed by atoms with van der Waals surface area (Å²) in [5, 5.41) is 15.4. The number of carbonyl (C=O) groups is 3. The first-order valence-electron chi connectivity index (χ1n) is 11.4. The highest BCUT2D eigenvalue weighted by molar-refractivity contribution is 6.00. The number of hydrazine groups is 1. The summed E-state index contributed by atoms with van der Waals surface area (Å²) in [7, 11) is 0. The Kier molecular flexibility index (Phi) is 7.33. The molecule has 3 aromatic carbocycles. The van der Waals surface area contributed by atoms with Crippen LogP contribution in [0, 0.1) is 10.1 Å². The number of carbonyl (C=O) groups excluding carboxylic acids is 3. The number of nitrogens with zero attached hydrogens (tertiary/aromatic N) is 2. The predicted molar refractivity (Wildman–Crippen MR) is 133 cm³/mol. The molecule has 11 heteroatoms. The minimum Gasteiger partial charge on any atom is -0.493 e. The predicted octanol–water partition coefficient (Wildman–Crippen LogP) is 3.63. The minimum absolute atomic E-state index is 0.109. The Morgan fingerprint density at radius 1 is 1.05 bits per heavy atom. The van der Waals surface area contributed by atoms with Gasteiger partial charge < -0.3 is 14.8 Å². The van der Waals surface area contributed by atoms with Gasteiger partial charge in [0.25, 0.3) is 17.5 Å². The molecule has 3 amide bonds. The normalized spacial score (nSPS) is 16.4. The number of ether oxygens (including phenoxy) is 2. The van der Waals surface area contributed by atoms with Crippen molar-refractivity contribution in [3.63, 3.8) is 0 Å². The van der Waals surface area contributed by atoms with Gasteiger partial charge in [-0.1, -0.05) is 30.3 Å². The maximum atomic E-state index is 13.2. The number of para-hydroxylation sites is 2. The van der Waals surface area contributed by atoms with Gasteiger partial charge in [-0.2, -0.15) is 0 Å². The van der Waals surface area contributed by atoms with Crippen molar-refractivity contribution in [2.24, 2.45) is 0 Å². The second-order valence-corrected chi connectivity index (χ2v) is 8.09. The van der Waals surface area contributed by atoms with Gasteiger partial charge >= 0.3 is 0 Å². The first-order valence-corrected chi connectivity index (χ1v) is 11.4. The molecule has 2 N–H and O–H groups in total. The van der Waals surface area contributed by atoms with Gasteiger partial charge in [-0.15, -0.1) is 0 Å². The van der Waals surface area contributed by atoms with Crippen LogP contribution < -0.4 is 20.2 Å². The van der Waals surface area contributed by atoms with Crippen LogP contribution in [0.3, 0.4) is 0 Å². The molecule has 1 aliphatic heterocycles. The van der Waals surface area contributed by atoms with Crippen LogP contribution in [0.1, 0.15) is 35.8 Å². The van der Waals surface area contributed by atoms with Crippen LogP contribution in [-0.2, 0) is 9.59 Å². The maximum absolute atomic E-state index is 13.2. The average molecular weight is 504 g/mol. The zero-order valence-electron chi connectivity index (χ0n) is 20.0. The second kappa shape index (κ2) is 10.8. The molecule has 0 spiro atoms. The Balaban J connectivity index is 1.65. The molecule has 11 nitrogen and oxygen atoms in total. The highest BCUT2D eigenvalue weighted by atomic mass is 16.6. The molecule has 0 aliphatic carbocycles. The summed E-state index contributed by atoms with van der Waals surface area (Å²) in [6, 6.07) is 18.1. The van der Waals surface area contributed by atoms with E-state index in [1.807, 2.05) is 0 Å². The number of nitrogens with one attached hydrogen (secondary N) is 2. The van der Waals surface area contributed by atoms with Crippen molar-refractivity contribution in [1.82, 2.24) is 10.4 Å². The van der Waals surface area contributed by atoms with E-state index in [0.29, 0.717) is 11.4 Å². The molecule has 1 saturated heterocycles. The third kappa shape index (κ3) is 5.35. The van der Waals surface area contributed by atoms with Crippen LogP contribution in [0.5, 0.6) is 11.5 Å². The Morgan fingerprint density at radius 2 is 1.76 bits per heavy atom. The van der Waals surface area contributed by atoms with E-state index in [4.69, 9.17) is 9.47 Å². The smallest absolute Gasteiger partial charge is 0.285 e. The lowest BCUT2D eigenvalue weighted by atomic mass is 9.91. The van der Waals surface area contributed by atoms with Crippen molar-refractivity contribution in [2.75, 3.05) is 11.9 Å². The largest absolute Gasteiger partial charge is 0.493 e. The molecular formula is C26H24N4O7. The van der Waals surface area contributed by atoms with E-state index in [-0.39, 0.29) is 35.1 Å². The number of β-lactam (4-membered cyclic amide) rings is 1. The van der Waals surface area contributed by atoms with E-state index < -0.39 is 28.9 Å². The third-order valence-electron chi connectivity index (χ3n) is 5.57. The van der Waals surface area contributed by atoms with Gasteiger partial charge in [0.15, 0.2) is 0 Å². The molecule has 1 fully saturated rings. The Morgan fingerprint density at radius 3 is 2.43 bits per heavy atom. The van der Waals surface area contributed by atoms with Crippen LogP contribution in [0.2, 0.25) is 0 Å². The lowest BCUT2D eigenvalue weighted by molar-refractivity contribution is -0.386. The molecule has 0 radical (unpaired) electrons. The van der Waals surface area contributed by atoms with E-state index in [1.54, 1.807) is 43.3 Å². The third-order valence-corrected chi connectivity index (χ3v) is 5.57. The Hall–Kier alpha value is -4.93. The van der Waals surface area contributed by atoms with E-state index >= 15 is 0 Å². The SMILES string of the molecule is CCOc1cc(NC(C)=O)ccc1C(=O)NN1C(=O)[C@@H](Oc2ccccc2)[C@H]1c1ccccc1[N+](=O)[O-]. The molecule has 0 aromatic heterocycles. The monoisotopic (exact) mass is 504 g/mol. The summed E-state index contributed by atoms with van der Waals surface area (Å²) in [5.41, 5.74) is 3.08. The number of rotatable bonds is 9. The zero-order valence-corrected chi connectivity index (χ0v) is 20.0. The van der Waals surface area contributed by atoms with Gasteiger partial charge in [0, 0.05) is 24.7 Å². The van der Waals surface area contributed by atoms with Gasteiger partial charge in [0.2, 0.25) is 12.0 Å². The summed E-state index contributed by atoms with van der Waals surface area (Å²) in [5.74, 6) is -0.940. The standard InChI is InChI=1S/C26H24N4O7/c1-3-36-22-15-17(27-16(2)31)13-14-20(22)25(32)28-29-23(19-11-7-8-12-21(19)30(34)35)24(26(29)33)37-18-9-5-4-6-10-18/h4-15,23-24H,3H2,1-2H3,(H,27,31)(H,28,32)/t23-,24+/m1/s1. The quantitative estimate of drug-likeness (QED) is 0.258. The van der Waals surface area contributed by atoms with Crippen LogP contribution in [0.15, 0.2) is 72.8 Å². The van der Waals surface area contributed by atoms with Crippen LogP contribution in [0.4, 0.5) is 11.4 Å². The van der Waals surface area contributed by atoms with Crippen molar-refractivity contribution >= 4 is 29.1 Å². The lowest BCUT2D eigenvalue weighted by Gasteiger charge is -2.45. The maximum Gasteiger partial charge on any atom is 0.285 e. The number of anilines is 1. The van der Waals surface area contributed by atoms with Gasteiger partial charge in [-0.25, -0.2) is 5.01 Å². The van der Waals surface area contributed by atoms with Crippen LogP contribution in [-0.4, -0.2) is 40.4 Å². The van der Waals surface area contributed by atoms with Crippen LogP contribution in [0.25, 0.3) is 0 Å². The van der Waals surface area contributed by atoms with Gasteiger partial charge in [0.05, 0.1) is 22.7 Å². The van der Waals surface area contributed by atoms with Gasteiger partial charge in [-0.3, -0.25) is 29.9 Å². The number of nitro benzene ring substituents is 1. The average Bonchev–Trinajstić information content (AvgIpc) is 2.88. The molecule has 1 heterocycles. The molecule has 3 aromatic rings. The number of amides is 3. The van der Waals surface area contributed by atoms with E-state index in [1.165, 1.54) is 43.3 Å². The number of benzene rings is 3. The highest BCUT2D eigenvalue weighted by Crippen LogP contribution is 2.40. The molecule has 0 unspecified atom stereocenters. The minimum atomic E-state index is -1.10. The molecule has 2 atom stereocenters. The van der Waals surface area contributed by atoms with E-state index in [0.717, 1.165) is 5.01 Å². The van der Waals surface area contributed by atoms with Crippen LogP contribution >= 0.6 is 0 Å². The van der Waals surface area contributed by atoms with Crippen molar-refractivity contribution in [3.05, 3.63) is 94.0 Å². The second-order valence-electron chi connectivity index (χ2n) is 8.09. The van der Waals surface area contributed by atoms with Gasteiger partial charge in [0.1, 0.15) is 17.5 Å². The summed E-state index contributed by atoms with van der Waals surface area (Å²) in [6.45, 7) is 3.34. The van der Waals surface area contributed by atoms with Crippen molar-refractivity contribution in [2.45, 2.75) is 26.0 Å². The molecule has 0 bridgehead atoms. The van der Waals surface area contributed by atoms with Gasteiger partial charge in [-0.05, 0) is 37.3 Å². The molecule has 37 heavy (non-hydrogen) atoms. The Labute approximate surface area is 212 Å². The summed E-state index contributed by atoms with van der Waals surface area (Å²) in [6.07, 6.45) is -1.10. The first-order chi connectivity index (χ1) is 17.8. The lowest BCUT2D eigenvalue weighted by Crippen LogP contribution is -2.67. The first kappa shape index (κ1) is 25.2. The number of nitro groups is 1. The highest BCUT2D eigenvalue weighted by Gasteiger charge is 2.53. The van der Waals surface area contributed by atoms with Crippen molar-refractivity contribution in [1.29, 1.82) is 0 Å². The topological polar surface area (TPSA) is 140 Å². The summed E-state index contributed by atoms with van der Waals surface area (Å²) >= 11 is 0. The molecule has 4 rings (SSSR count). The summed E-state index contributed by atoms with van der Waals surface area (Å²) in [4.78, 5) is 48.9. The Bertz CT molecular complexity index is 1350. The van der Waals surface area contributed by atoms with Crippen molar-refractivity contribution < 1.29 is 28.8 Å². The molecule has 190 valence electrons. The van der Waals surface area contributed by atoms with E-state index in [9.17, 15) is 24.5 Å². The number of hydrogen-bond donors (Lipinski definition) is 2. The molecular weight excluding hydrogens is 480 g/mol.